The molecule has 1 aromatic heterocycles. The lowest BCUT2D eigenvalue weighted by Gasteiger charge is -2.18. The Morgan fingerprint density at radius 1 is 1.28 bits per heavy atom. The maximum absolute atomic E-state index is 5.86. The van der Waals surface area contributed by atoms with Gasteiger partial charge in [0.2, 0.25) is 0 Å². The van der Waals surface area contributed by atoms with Crippen molar-refractivity contribution >= 4 is 10.9 Å². The molecule has 1 atom stereocenters. The first-order valence-electron chi connectivity index (χ1n) is 7.11. The number of rotatable bonds is 3. The van der Waals surface area contributed by atoms with Gasteiger partial charge in [-0.2, -0.15) is 0 Å². The van der Waals surface area contributed by atoms with E-state index in [9.17, 15) is 0 Å². The van der Waals surface area contributed by atoms with Crippen molar-refractivity contribution in [2.75, 3.05) is 6.54 Å². The number of fused-ring (bicyclic) bond motifs is 1. The molecule has 2 aromatic rings. The van der Waals surface area contributed by atoms with Crippen molar-refractivity contribution in [3.05, 3.63) is 36.0 Å². The third-order valence-electron chi connectivity index (χ3n) is 4.37. The summed E-state index contributed by atoms with van der Waals surface area (Å²) in [7, 11) is 0. The summed E-state index contributed by atoms with van der Waals surface area (Å²) in [5.74, 6) is 0.434. The average Bonchev–Trinajstić information content (AvgIpc) is 3.05. The minimum Gasteiger partial charge on any atom is -0.344 e. The van der Waals surface area contributed by atoms with Crippen LogP contribution in [0.15, 0.2) is 30.5 Å². The van der Waals surface area contributed by atoms with E-state index in [0.29, 0.717) is 12.0 Å². The Labute approximate surface area is 109 Å². The van der Waals surface area contributed by atoms with Crippen LogP contribution >= 0.6 is 0 Å². The van der Waals surface area contributed by atoms with Gasteiger partial charge in [0.15, 0.2) is 0 Å². The topological polar surface area (TPSA) is 30.9 Å². The van der Waals surface area contributed by atoms with Gasteiger partial charge in [-0.05, 0) is 42.3 Å². The molecule has 1 fully saturated rings. The highest BCUT2D eigenvalue weighted by Crippen LogP contribution is 2.35. The molecule has 2 nitrogen and oxygen atoms in total. The normalized spacial score (nSPS) is 18.6. The van der Waals surface area contributed by atoms with Gasteiger partial charge < -0.3 is 10.3 Å². The van der Waals surface area contributed by atoms with Crippen LogP contribution in [0.3, 0.4) is 0 Å². The quantitative estimate of drug-likeness (QED) is 0.871. The first kappa shape index (κ1) is 11.8. The highest BCUT2D eigenvalue weighted by Gasteiger charge is 2.20. The average molecular weight is 242 g/mol. The van der Waals surface area contributed by atoms with Gasteiger partial charge in [0.25, 0.3) is 0 Å². The van der Waals surface area contributed by atoms with Gasteiger partial charge in [0.1, 0.15) is 0 Å². The predicted octanol–water partition coefficient (Wildman–Crippen LogP) is 3.82. The Balaban J connectivity index is 2.14. The zero-order valence-corrected chi connectivity index (χ0v) is 11.1. The van der Waals surface area contributed by atoms with Gasteiger partial charge in [0.05, 0.1) is 5.52 Å². The Hall–Kier alpha value is -1.28. The van der Waals surface area contributed by atoms with Crippen LogP contribution in [0.2, 0.25) is 0 Å². The number of nitrogens with zero attached hydrogens (tertiary/aromatic N) is 1. The van der Waals surface area contributed by atoms with Crippen LogP contribution in [0.5, 0.6) is 0 Å². The molecule has 1 aliphatic rings. The fourth-order valence-corrected chi connectivity index (χ4v) is 3.26. The van der Waals surface area contributed by atoms with E-state index in [4.69, 9.17) is 5.73 Å². The number of aromatic nitrogens is 1. The van der Waals surface area contributed by atoms with Crippen LogP contribution in [0.4, 0.5) is 0 Å². The fraction of sp³-hybridized carbons (Fsp3) is 0.500. The van der Waals surface area contributed by atoms with Crippen molar-refractivity contribution in [2.24, 2.45) is 5.73 Å². The lowest BCUT2D eigenvalue weighted by molar-refractivity contribution is 0.533. The largest absolute Gasteiger partial charge is 0.344 e. The minimum atomic E-state index is 0.434. The molecule has 1 aliphatic carbocycles. The van der Waals surface area contributed by atoms with Gasteiger partial charge in [-0.1, -0.05) is 38.0 Å². The first-order valence-corrected chi connectivity index (χ1v) is 7.11. The Bertz CT molecular complexity index is 535. The van der Waals surface area contributed by atoms with Gasteiger partial charge in [0, 0.05) is 12.2 Å². The van der Waals surface area contributed by atoms with Crippen LogP contribution in [-0.4, -0.2) is 11.1 Å². The van der Waals surface area contributed by atoms with Crippen molar-refractivity contribution in [3.63, 3.8) is 0 Å². The Kier molecular flexibility index (Phi) is 3.13. The summed E-state index contributed by atoms with van der Waals surface area (Å²) in [6.45, 7) is 2.94. The Morgan fingerprint density at radius 3 is 2.78 bits per heavy atom. The summed E-state index contributed by atoms with van der Waals surface area (Å²) in [5, 5.41) is 1.36. The Morgan fingerprint density at radius 2 is 2.06 bits per heavy atom. The third-order valence-corrected chi connectivity index (χ3v) is 4.37. The van der Waals surface area contributed by atoms with E-state index in [1.165, 1.54) is 42.1 Å². The number of hydrogen-bond donors (Lipinski definition) is 1. The number of nitrogens with two attached hydrogens (primary N) is 1. The monoisotopic (exact) mass is 242 g/mol. The third kappa shape index (κ3) is 1.85. The molecular formula is C16H22N2. The second-order valence-corrected chi connectivity index (χ2v) is 5.58. The highest BCUT2D eigenvalue weighted by atomic mass is 15.0. The molecule has 0 bridgehead atoms. The molecule has 1 aromatic carbocycles. The molecule has 0 radical (unpaired) electrons. The van der Waals surface area contributed by atoms with Gasteiger partial charge in [-0.25, -0.2) is 0 Å². The smallest absolute Gasteiger partial charge is 0.0518 e. The van der Waals surface area contributed by atoms with E-state index in [0.717, 1.165) is 6.54 Å². The predicted molar refractivity (Wildman–Crippen MR) is 76.9 cm³/mol. The number of benzene rings is 1. The summed E-state index contributed by atoms with van der Waals surface area (Å²) in [4.78, 5) is 0. The van der Waals surface area contributed by atoms with Crippen molar-refractivity contribution < 1.29 is 0 Å². The molecule has 3 rings (SSSR count). The molecular weight excluding hydrogens is 220 g/mol. The second kappa shape index (κ2) is 4.77. The van der Waals surface area contributed by atoms with E-state index in [2.05, 4.69) is 42.0 Å². The molecule has 1 heterocycles. The van der Waals surface area contributed by atoms with Crippen LogP contribution in [-0.2, 0) is 0 Å². The molecule has 0 spiro atoms. The summed E-state index contributed by atoms with van der Waals surface area (Å²) >= 11 is 0. The van der Waals surface area contributed by atoms with Crippen molar-refractivity contribution in [3.8, 4) is 0 Å². The standard InChI is InChI=1S/C16H22N2/c1-12(11-17)15-8-4-5-13-9-10-18(16(13)15)14-6-2-3-7-14/h4-5,8-10,12,14H,2-3,6-7,11,17H2,1H3. The van der Waals surface area contributed by atoms with Crippen LogP contribution in [0.25, 0.3) is 10.9 Å². The van der Waals surface area contributed by atoms with Gasteiger partial charge >= 0.3 is 0 Å². The van der Waals surface area contributed by atoms with Gasteiger partial charge in [-0.3, -0.25) is 0 Å². The lowest BCUT2D eigenvalue weighted by Crippen LogP contribution is -2.11. The van der Waals surface area contributed by atoms with E-state index in [1.54, 1.807) is 0 Å². The summed E-state index contributed by atoms with van der Waals surface area (Å²) in [6.07, 6.45) is 7.68. The van der Waals surface area contributed by atoms with E-state index >= 15 is 0 Å². The molecule has 1 unspecified atom stereocenters. The van der Waals surface area contributed by atoms with E-state index in [1.807, 2.05) is 0 Å². The van der Waals surface area contributed by atoms with Crippen molar-refractivity contribution in [1.29, 1.82) is 0 Å². The number of hydrogen-bond acceptors (Lipinski definition) is 1. The zero-order chi connectivity index (χ0) is 12.5. The van der Waals surface area contributed by atoms with Crippen LogP contribution in [0, 0.1) is 0 Å². The summed E-state index contributed by atoms with van der Waals surface area (Å²) in [6, 6.07) is 9.57. The first-order chi connectivity index (χ1) is 8.81. The molecule has 2 heteroatoms. The SMILES string of the molecule is CC(CN)c1cccc2ccn(C3CCCC3)c12. The summed E-state index contributed by atoms with van der Waals surface area (Å²) in [5.41, 5.74) is 8.69. The van der Waals surface area contributed by atoms with E-state index in [-0.39, 0.29) is 0 Å². The van der Waals surface area contributed by atoms with Gasteiger partial charge in [-0.15, -0.1) is 0 Å². The molecule has 0 amide bonds. The molecule has 1 saturated carbocycles. The maximum Gasteiger partial charge on any atom is 0.0518 e. The molecule has 0 aliphatic heterocycles. The second-order valence-electron chi connectivity index (χ2n) is 5.58. The lowest BCUT2D eigenvalue weighted by atomic mass is 9.98. The fourth-order valence-electron chi connectivity index (χ4n) is 3.26. The van der Waals surface area contributed by atoms with Crippen LogP contribution in [0.1, 0.15) is 50.1 Å². The highest BCUT2D eigenvalue weighted by molar-refractivity contribution is 5.84. The molecule has 2 N–H and O–H groups in total. The molecule has 0 saturated heterocycles. The molecule has 18 heavy (non-hydrogen) atoms. The van der Waals surface area contributed by atoms with Crippen molar-refractivity contribution in [2.45, 2.75) is 44.6 Å². The maximum atomic E-state index is 5.86. The minimum absolute atomic E-state index is 0.434. The zero-order valence-electron chi connectivity index (χ0n) is 11.1. The van der Waals surface area contributed by atoms with Crippen molar-refractivity contribution in [1.82, 2.24) is 4.57 Å². The summed E-state index contributed by atoms with van der Waals surface area (Å²) < 4.78 is 2.50. The number of para-hydroxylation sites is 1. The van der Waals surface area contributed by atoms with Crippen LogP contribution < -0.4 is 5.73 Å². The molecule has 96 valence electrons. The van der Waals surface area contributed by atoms with E-state index < -0.39 is 0 Å².